The number of rotatable bonds is 5. The number of hydrogen-bond donors (Lipinski definition) is 0. The molecular formula is C12H14N2OS. The maximum atomic E-state index is 11.0. The van der Waals surface area contributed by atoms with Crippen LogP contribution in [0.15, 0.2) is 23.0 Å². The standard InChI is InChI=1S/C12H14N2OS/c1-2-3-5-14-7-11(8-15)12(13-14)10-4-6-16-9-10/h4,6-9H,2-3,5H2,1H3. The van der Waals surface area contributed by atoms with Crippen LogP contribution in [0.4, 0.5) is 0 Å². The molecular weight excluding hydrogens is 220 g/mol. The molecule has 0 atom stereocenters. The predicted octanol–water partition coefficient (Wildman–Crippen LogP) is 3.22. The molecule has 3 nitrogen and oxygen atoms in total. The van der Waals surface area contributed by atoms with E-state index in [1.807, 2.05) is 27.7 Å². The molecule has 84 valence electrons. The lowest BCUT2D eigenvalue weighted by Gasteiger charge is -1.97. The highest BCUT2D eigenvalue weighted by molar-refractivity contribution is 7.08. The van der Waals surface area contributed by atoms with E-state index in [0.717, 1.165) is 36.9 Å². The quantitative estimate of drug-likeness (QED) is 0.744. The molecule has 0 aromatic carbocycles. The van der Waals surface area contributed by atoms with Crippen LogP contribution in [0, 0.1) is 0 Å². The number of aromatic nitrogens is 2. The monoisotopic (exact) mass is 234 g/mol. The lowest BCUT2D eigenvalue weighted by atomic mass is 10.2. The second kappa shape index (κ2) is 5.07. The zero-order valence-electron chi connectivity index (χ0n) is 9.22. The fourth-order valence-electron chi connectivity index (χ4n) is 1.58. The van der Waals surface area contributed by atoms with Gasteiger partial charge >= 0.3 is 0 Å². The van der Waals surface area contributed by atoms with E-state index < -0.39 is 0 Å². The van der Waals surface area contributed by atoms with Crippen LogP contribution in [0.1, 0.15) is 30.1 Å². The number of thiophene rings is 1. The van der Waals surface area contributed by atoms with Crippen molar-refractivity contribution >= 4 is 17.6 Å². The molecule has 0 saturated carbocycles. The van der Waals surface area contributed by atoms with Gasteiger partial charge in [-0.3, -0.25) is 9.48 Å². The number of carbonyl (C=O) groups excluding carboxylic acids is 1. The van der Waals surface area contributed by atoms with Crippen LogP contribution in [-0.2, 0) is 6.54 Å². The van der Waals surface area contributed by atoms with Crippen molar-refractivity contribution < 1.29 is 4.79 Å². The summed E-state index contributed by atoms with van der Waals surface area (Å²) in [5.41, 5.74) is 2.50. The third kappa shape index (κ3) is 2.22. The van der Waals surface area contributed by atoms with Gasteiger partial charge in [0.2, 0.25) is 0 Å². The van der Waals surface area contributed by atoms with E-state index in [0.29, 0.717) is 5.56 Å². The largest absolute Gasteiger partial charge is 0.298 e. The van der Waals surface area contributed by atoms with Gasteiger partial charge in [0.05, 0.1) is 5.56 Å². The van der Waals surface area contributed by atoms with Crippen LogP contribution in [0.2, 0.25) is 0 Å². The molecule has 0 saturated heterocycles. The van der Waals surface area contributed by atoms with Crippen LogP contribution in [0.5, 0.6) is 0 Å². The lowest BCUT2D eigenvalue weighted by molar-refractivity contribution is 0.112. The van der Waals surface area contributed by atoms with Gasteiger partial charge in [-0.05, 0) is 17.9 Å². The summed E-state index contributed by atoms with van der Waals surface area (Å²) in [5, 5.41) is 8.46. The molecule has 0 N–H and O–H groups in total. The molecule has 0 amide bonds. The number of nitrogens with zero attached hydrogens (tertiary/aromatic N) is 2. The van der Waals surface area contributed by atoms with E-state index in [-0.39, 0.29) is 0 Å². The van der Waals surface area contributed by atoms with Crippen molar-refractivity contribution in [3.63, 3.8) is 0 Å². The number of aldehydes is 1. The minimum absolute atomic E-state index is 0.675. The average molecular weight is 234 g/mol. The van der Waals surface area contributed by atoms with E-state index in [1.165, 1.54) is 0 Å². The van der Waals surface area contributed by atoms with Crippen molar-refractivity contribution in [3.05, 3.63) is 28.6 Å². The Balaban J connectivity index is 2.30. The van der Waals surface area contributed by atoms with Gasteiger partial charge in [-0.2, -0.15) is 16.4 Å². The molecule has 0 bridgehead atoms. The van der Waals surface area contributed by atoms with Gasteiger partial charge in [-0.25, -0.2) is 0 Å². The second-order valence-electron chi connectivity index (χ2n) is 3.68. The molecule has 0 radical (unpaired) electrons. The summed E-state index contributed by atoms with van der Waals surface area (Å²) in [6, 6.07) is 1.99. The van der Waals surface area contributed by atoms with Crippen LogP contribution in [0.3, 0.4) is 0 Å². The Hall–Kier alpha value is -1.42. The molecule has 0 aliphatic heterocycles. The van der Waals surface area contributed by atoms with E-state index >= 15 is 0 Å². The van der Waals surface area contributed by atoms with Crippen LogP contribution in [-0.4, -0.2) is 16.1 Å². The molecule has 4 heteroatoms. The molecule has 0 fully saturated rings. The Labute approximate surface area is 98.7 Å². The van der Waals surface area contributed by atoms with Crippen molar-refractivity contribution in [3.8, 4) is 11.3 Å². The molecule has 2 rings (SSSR count). The maximum absolute atomic E-state index is 11.0. The molecule has 0 aliphatic carbocycles. The van der Waals surface area contributed by atoms with E-state index in [4.69, 9.17) is 0 Å². The summed E-state index contributed by atoms with van der Waals surface area (Å²) in [6.45, 7) is 3.02. The first-order chi connectivity index (χ1) is 7.85. The molecule has 2 aromatic rings. The Morgan fingerprint density at radius 3 is 3.06 bits per heavy atom. The van der Waals surface area contributed by atoms with Crippen molar-refractivity contribution in [2.24, 2.45) is 0 Å². The van der Waals surface area contributed by atoms with Crippen LogP contribution >= 0.6 is 11.3 Å². The molecule has 2 heterocycles. The molecule has 0 spiro atoms. The van der Waals surface area contributed by atoms with Crippen molar-refractivity contribution in [1.82, 2.24) is 9.78 Å². The number of unbranched alkanes of at least 4 members (excludes halogenated alkanes) is 1. The summed E-state index contributed by atoms with van der Waals surface area (Å²) < 4.78 is 1.86. The highest BCUT2D eigenvalue weighted by Crippen LogP contribution is 2.23. The summed E-state index contributed by atoms with van der Waals surface area (Å²) in [6.07, 6.45) is 4.92. The zero-order valence-corrected chi connectivity index (χ0v) is 10.0. The molecule has 2 aromatic heterocycles. The maximum Gasteiger partial charge on any atom is 0.153 e. The fourth-order valence-corrected chi connectivity index (χ4v) is 2.22. The SMILES string of the molecule is CCCCn1cc(C=O)c(-c2ccsc2)n1. The highest BCUT2D eigenvalue weighted by atomic mass is 32.1. The minimum atomic E-state index is 0.675. The average Bonchev–Trinajstić information content (AvgIpc) is 2.94. The van der Waals surface area contributed by atoms with Crippen LogP contribution < -0.4 is 0 Å². The highest BCUT2D eigenvalue weighted by Gasteiger charge is 2.10. The summed E-state index contributed by atoms with van der Waals surface area (Å²) in [5.74, 6) is 0. The first-order valence-electron chi connectivity index (χ1n) is 5.40. The molecule has 0 unspecified atom stereocenters. The fraction of sp³-hybridized carbons (Fsp3) is 0.333. The van der Waals surface area contributed by atoms with Crippen molar-refractivity contribution in [2.45, 2.75) is 26.3 Å². The van der Waals surface area contributed by atoms with E-state index in [2.05, 4.69) is 12.0 Å². The van der Waals surface area contributed by atoms with Gasteiger partial charge in [0.15, 0.2) is 6.29 Å². The lowest BCUT2D eigenvalue weighted by Crippen LogP contribution is -1.97. The normalized spacial score (nSPS) is 10.6. The van der Waals surface area contributed by atoms with Gasteiger partial charge in [0.1, 0.15) is 5.69 Å². The Bertz CT molecular complexity index is 459. The summed E-state index contributed by atoms with van der Waals surface area (Å²) in [4.78, 5) is 11.0. The van der Waals surface area contributed by atoms with Gasteiger partial charge in [-0.15, -0.1) is 0 Å². The molecule has 0 aliphatic rings. The topological polar surface area (TPSA) is 34.9 Å². The summed E-state index contributed by atoms with van der Waals surface area (Å²) >= 11 is 1.62. The van der Waals surface area contributed by atoms with Crippen molar-refractivity contribution in [1.29, 1.82) is 0 Å². The van der Waals surface area contributed by atoms with Crippen molar-refractivity contribution in [2.75, 3.05) is 0 Å². The van der Waals surface area contributed by atoms with E-state index in [1.54, 1.807) is 11.3 Å². The van der Waals surface area contributed by atoms with Gasteiger partial charge < -0.3 is 0 Å². The number of hydrogen-bond acceptors (Lipinski definition) is 3. The third-order valence-electron chi connectivity index (χ3n) is 2.45. The zero-order chi connectivity index (χ0) is 11.4. The van der Waals surface area contributed by atoms with Gasteiger partial charge in [0.25, 0.3) is 0 Å². The Morgan fingerprint density at radius 1 is 1.56 bits per heavy atom. The first kappa shape index (κ1) is 11.1. The third-order valence-corrected chi connectivity index (χ3v) is 3.14. The van der Waals surface area contributed by atoms with E-state index in [9.17, 15) is 4.79 Å². The van der Waals surface area contributed by atoms with Gasteiger partial charge in [0, 0.05) is 23.7 Å². The number of aryl methyl sites for hydroxylation is 1. The Morgan fingerprint density at radius 2 is 2.44 bits per heavy atom. The smallest absolute Gasteiger partial charge is 0.153 e. The minimum Gasteiger partial charge on any atom is -0.298 e. The van der Waals surface area contributed by atoms with Gasteiger partial charge in [-0.1, -0.05) is 13.3 Å². The predicted molar refractivity (Wildman–Crippen MR) is 65.8 cm³/mol. The van der Waals surface area contributed by atoms with Crippen LogP contribution in [0.25, 0.3) is 11.3 Å². The Kier molecular flexibility index (Phi) is 3.51. The summed E-state index contributed by atoms with van der Waals surface area (Å²) in [7, 11) is 0. The number of carbonyl (C=O) groups is 1. The molecule has 16 heavy (non-hydrogen) atoms. The second-order valence-corrected chi connectivity index (χ2v) is 4.46. The first-order valence-corrected chi connectivity index (χ1v) is 6.34.